The largest absolute Gasteiger partial charge is 0.483 e. The van der Waals surface area contributed by atoms with Gasteiger partial charge in [0.25, 0.3) is 11.8 Å². The Morgan fingerprint density at radius 1 is 1.12 bits per heavy atom. The second-order valence-electron chi connectivity index (χ2n) is 8.83. The number of carbonyl (C=O) groups excluding carboxylic acids is 2. The second kappa shape index (κ2) is 9.89. The number of amides is 2. The SMILES string of the molecule is Cc1ccc(C(C)C)c(OCC(=O)Nc2nc3ccc(C(=O)N4CCN(C)CC4)cc3s2)c1. The topological polar surface area (TPSA) is 74.8 Å². The molecule has 1 saturated heterocycles. The molecule has 2 amide bonds. The van der Waals surface area contributed by atoms with Crippen LogP contribution >= 0.6 is 11.3 Å². The maximum atomic E-state index is 12.9. The Morgan fingerprint density at radius 2 is 1.88 bits per heavy atom. The summed E-state index contributed by atoms with van der Waals surface area (Å²) in [6, 6.07) is 11.6. The first-order valence-corrected chi connectivity index (χ1v) is 12.0. The summed E-state index contributed by atoms with van der Waals surface area (Å²) in [6.07, 6.45) is 0. The number of hydrogen-bond donors (Lipinski definition) is 1. The Morgan fingerprint density at radius 3 is 2.61 bits per heavy atom. The Labute approximate surface area is 198 Å². The average molecular weight is 467 g/mol. The van der Waals surface area contributed by atoms with E-state index in [1.165, 1.54) is 11.3 Å². The molecule has 1 N–H and O–H groups in total. The highest BCUT2D eigenvalue weighted by Gasteiger charge is 2.21. The van der Waals surface area contributed by atoms with Crippen LogP contribution in [-0.4, -0.2) is 66.4 Å². The monoisotopic (exact) mass is 466 g/mol. The Balaban J connectivity index is 1.40. The fraction of sp³-hybridized carbons (Fsp3) is 0.400. The van der Waals surface area contributed by atoms with Crippen LogP contribution in [0.3, 0.4) is 0 Å². The van der Waals surface area contributed by atoms with Gasteiger partial charge in [0.15, 0.2) is 11.7 Å². The Bertz CT molecular complexity index is 1170. The van der Waals surface area contributed by atoms with Crippen LogP contribution in [0.4, 0.5) is 5.13 Å². The first-order chi connectivity index (χ1) is 15.8. The number of nitrogens with zero attached hydrogens (tertiary/aromatic N) is 3. The molecule has 33 heavy (non-hydrogen) atoms. The summed E-state index contributed by atoms with van der Waals surface area (Å²) in [5.74, 6) is 0.808. The van der Waals surface area contributed by atoms with E-state index in [0.717, 1.165) is 53.3 Å². The van der Waals surface area contributed by atoms with E-state index in [9.17, 15) is 9.59 Å². The number of rotatable bonds is 6. The van der Waals surface area contributed by atoms with Gasteiger partial charge in [-0.2, -0.15) is 0 Å². The molecule has 1 aliphatic rings. The number of hydrogen-bond acceptors (Lipinski definition) is 6. The van der Waals surface area contributed by atoms with Crippen molar-refractivity contribution < 1.29 is 14.3 Å². The second-order valence-corrected chi connectivity index (χ2v) is 9.86. The van der Waals surface area contributed by atoms with Gasteiger partial charge in [-0.25, -0.2) is 4.98 Å². The van der Waals surface area contributed by atoms with Gasteiger partial charge in [0.2, 0.25) is 0 Å². The van der Waals surface area contributed by atoms with Gasteiger partial charge in [0, 0.05) is 31.7 Å². The van der Waals surface area contributed by atoms with Crippen molar-refractivity contribution in [2.45, 2.75) is 26.7 Å². The number of aromatic nitrogens is 1. The van der Waals surface area contributed by atoms with Gasteiger partial charge in [-0.05, 0) is 55.3 Å². The molecule has 4 rings (SSSR count). The lowest BCUT2D eigenvalue weighted by molar-refractivity contribution is -0.118. The summed E-state index contributed by atoms with van der Waals surface area (Å²) in [4.78, 5) is 34.0. The molecule has 0 saturated carbocycles. The van der Waals surface area contributed by atoms with Gasteiger partial charge in [-0.1, -0.05) is 37.3 Å². The lowest BCUT2D eigenvalue weighted by Gasteiger charge is -2.32. The molecule has 0 atom stereocenters. The van der Waals surface area contributed by atoms with Crippen LogP contribution in [0, 0.1) is 6.92 Å². The molecule has 2 heterocycles. The van der Waals surface area contributed by atoms with Gasteiger partial charge < -0.3 is 14.5 Å². The molecule has 0 unspecified atom stereocenters. The van der Waals surface area contributed by atoms with E-state index in [4.69, 9.17) is 4.74 Å². The Hall–Kier alpha value is -2.97. The fourth-order valence-electron chi connectivity index (χ4n) is 3.85. The summed E-state index contributed by atoms with van der Waals surface area (Å²) >= 11 is 1.36. The molecular formula is C25H30N4O3S. The van der Waals surface area contributed by atoms with Crippen molar-refractivity contribution in [3.8, 4) is 5.75 Å². The molecule has 7 nitrogen and oxygen atoms in total. The van der Waals surface area contributed by atoms with Gasteiger partial charge in [0.1, 0.15) is 5.75 Å². The zero-order chi connectivity index (χ0) is 23.5. The molecule has 1 aromatic heterocycles. The number of benzene rings is 2. The molecule has 1 fully saturated rings. The fourth-order valence-corrected chi connectivity index (χ4v) is 4.77. The number of anilines is 1. The maximum absolute atomic E-state index is 12.9. The third kappa shape index (κ3) is 5.51. The molecule has 8 heteroatoms. The van der Waals surface area contributed by atoms with Crippen LogP contribution < -0.4 is 10.1 Å². The lowest BCUT2D eigenvalue weighted by Crippen LogP contribution is -2.47. The van der Waals surface area contributed by atoms with E-state index in [-0.39, 0.29) is 18.4 Å². The summed E-state index contributed by atoms with van der Waals surface area (Å²) in [5.41, 5.74) is 3.57. The van der Waals surface area contributed by atoms with E-state index in [0.29, 0.717) is 16.6 Å². The number of likely N-dealkylation sites (N-methyl/N-ethyl adjacent to an activating group) is 1. The van der Waals surface area contributed by atoms with Crippen LogP contribution in [0.15, 0.2) is 36.4 Å². The summed E-state index contributed by atoms with van der Waals surface area (Å²) in [5, 5.41) is 3.32. The highest BCUT2D eigenvalue weighted by molar-refractivity contribution is 7.22. The van der Waals surface area contributed by atoms with E-state index >= 15 is 0 Å². The normalized spacial score (nSPS) is 14.6. The minimum absolute atomic E-state index is 0.0384. The van der Waals surface area contributed by atoms with Gasteiger partial charge in [0.05, 0.1) is 10.2 Å². The number of thiazole rings is 1. The zero-order valence-corrected chi connectivity index (χ0v) is 20.4. The van der Waals surface area contributed by atoms with Crippen molar-refractivity contribution in [3.63, 3.8) is 0 Å². The van der Waals surface area contributed by atoms with E-state index in [1.807, 2.05) is 48.2 Å². The van der Waals surface area contributed by atoms with Gasteiger partial charge in [-0.3, -0.25) is 14.9 Å². The predicted molar refractivity (Wildman–Crippen MR) is 132 cm³/mol. The number of fused-ring (bicyclic) bond motifs is 1. The van der Waals surface area contributed by atoms with Crippen molar-refractivity contribution in [2.24, 2.45) is 0 Å². The highest BCUT2D eigenvalue weighted by atomic mass is 32.1. The number of piperazine rings is 1. The summed E-state index contributed by atoms with van der Waals surface area (Å²) in [6.45, 7) is 9.34. The highest BCUT2D eigenvalue weighted by Crippen LogP contribution is 2.29. The number of ether oxygens (including phenoxy) is 1. The van der Waals surface area contributed by atoms with Crippen molar-refractivity contribution in [1.29, 1.82) is 0 Å². The van der Waals surface area contributed by atoms with Crippen LogP contribution in [0.1, 0.15) is 41.3 Å². The molecule has 0 spiro atoms. The average Bonchev–Trinajstić information content (AvgIpc) is 3.19. The third-order valence-corrected chi connectivity index (χ3v) is 6.76. The standard InChI is InChI=1S/C25H30N4O3S/c1-16(2)19-7-5-17(3)13-21(19)32-15-23(30)27-25-26-20-8-6-18(14-22(20)33-25)24(31)29-11-9-28(4)10-12-29/h5-8,13-14,16H,9-12,15H2,1-4H3,(H,26,27,30). The number of nitrogens with one attached hydrogen (secondary N) is 1. The smallest absolute Gasteiger partial charge is 0.264 e. The lowest BCUT2D eigenvalue weighted by atomic mass is 10.0. The quantitative estimate of drug-likeness (QED) is 0.591. The molecule has 174 valence electrons. The first kappa shape index (κ1) is 23.2. The minimum atomic E-state index is -0.265. The van der Waals surface area contributed by atoms with Crippen molar-refractivity contribution >= 4 is 38.5 Å². The molecule has 0 bridgehead atoms. The van der Waals surface area contributed by atoms with Crippen LogP contribution in [-0.2, 0) is 4.79 Å². The third-order valence-electron chi connectivity index (χ3n) is 5.82. The van der Waals surface area contributed by atoms with Crippen LogP contribution in [0.2, 0.25) is 0 Å². The molecule has 0 radical (unpaired) electrons. The van der Waals surface area contributed by atoms with E-state index in [1.54, 1.807) is 0 Å². The summed E-state index contributed by atoms with van der Waals surface area (Å²) < 4.78 is 6.69. The molecule has 2 aromatic carbocycles. The van der Waals surface area contributed by atoms with E-state index < -0.39 is 0 Å². The first-order valence-electron chi connectivity index (χ1n) is 11.2. The van der Waals surface area contributed by atoms with Gasteiger partial charge in [-0.15, -0.1) is 0 Å². The maximum Gasteiger partial charge on any atom is 0.264 e. The van der Waals surface area contributed by atoms with Crippen molar-refractivity contribution in [2.75, 3.05) is 45.2 Å². The minimum Gasteiger partial charge on any atom is -0.483 e. The number of aryl methyl sites for hydroxylation is 1. The predicted octanol–water partition coefficient (Wildman–Crippen LogP) is 4.13. The summed E-state index contributed by atoms with van der Waals surface area (Å²) in [7, 11) is 2.07. The van der Waals surface area contributed by atoms with Crippen LogP contribution in [0.25, 0.3) is 10.2 Å². The molecule has 0 aliphatic carbocycles. The van der Waals surface area contributed by atoms with Crippen molar-refractivity contribution in [1.82, 2.24) is 14.8 Å². The van der Waals surface area contributed by atoms with Gasteiger partial charge >= 0.3 is 0 Å². The zero-order valence-electron chi connectivity index (χ0n) is 19.6. The molecule has 1 aliphatic heterocycles. The van der Waals surface area contributed by atoms with E-state index in [2.05, 4.69) is 36.1 Å². The molecule has 3 aromatic rings. The molecular weight excluding hydrogens is 436 g/mol. The van der Waals surface area contributed by atoms with Crippen molar-refractivity contribution in [3.05, 3.63) is 53.1 Å². The number of carbonyl (C=O) groups is 2. The van der Waals surface area contributed by atoms with Crippen LogP contribution in [0.5, 0.6) is 5.75 Å². The Kier molecular flexibility index (Phi) is 6.95.